The largest absolute Gasteiger partial charge is 0.326 e. The first kappa shape index (κ1) is 22.8. The predicted molar refractivity (Wildman–Crippen MR) is 104 cm³/mol. The quantitative estimate of drug-likeness (QED) is 0.532. The van der Waals surface area contributed by atoms with E-state index in [-0.39, 0.29) is 6.04 Å². The third-order valence-corrected chi connectivity index (χ3v) is 5.45. The molecule has 0 aromatic heterocycles. The molecule has 0 aromatic rings. The first-order valence-corrected chi connectivity index (χ1v) is 9.89. The van der Waals surface area contributed by atoms with E-state index in [9.17, 15) is 0 Å². The minimum atomic E-state index is 0.251. The molecule has 0 aliphatic carbocycles. The first-order valence-electron chi connectivity index (χ1n) is 9.89. The first-order chi connectivity index (χ1) is 11.0. The number of nitrogens with two attached hydrogens (primary N) is 1. The van der Waals surface area contributed by atoms with E-state index in [4.69, 9.17) is 5.73 Å². The second kappa shape index (κ2) is 13.2. The van der Waals surface area contributed by atoms with Crippen LogP contribution in [0.5, 0.6) is 0 Å². The zero-order valence-electron chi connectivity index (χ0n) is 17.0. The molecule has 0 saturated heterocycles. The summed E-state index contributed by atoms with van der Waals surface area (Å²) in [4.78, 5) is 7.53. The standard InChI is InChI=1S/C19H44N4/c1-8-21(9-2)14-17(7)18(15-22(10-3)11-4)19(20)16-23(12-5)13-6/h17-19H,8-16,20H2,1-7H3. The van der Waals surface area contributed by atoms with Crippen molar-refractivity contribution in [2.24, 2.45) is 17.6 Å². The summed E-state index contributed by atoms with van der Waals surface area (Å²) in [6, 6.07) is 0.251. The van der Waals surface area contributed by atoms with Crippen molar-refractivity contribution in [3.63, 3.8) is 0 Å². The average molecular weight is 329 g/mol. The summed E-state index contributed by atoms with van der Waals surface area (Å²) in [6.07, 6.45) is 0. The monoisotopic (exact) mass is 328 g/mol. The van der Waals surface area contributed by atoms with Crippen LogP contribution in [0.4, 0.5) is 0 Å². The molecule has 3 unspecified atom stereocenters. The molecule has 0 fully saturated rings. The fourth-order valence-corrected chi connectivity index (χ4v) is 3.46. The lowest BCUT2D eigenvalue weighted by Gasteiger charge is -2.37. The predicted octanol–water partition coefficient (Wildman–Crippen LogP) is 2.59. The van der Waals surface area contributed by atoms with Crippen LogP contribution in [0.25, 0.3) is 0 Å². The summed E-state index contributed by atoms with van der Waals surface area (Å²) >= 11 is 0. The van der Waals surface area contributed by atoms with Gasteiger partial charge in [0.25, 0.3) is 0 Å². The molecule has 4 nitrogen and oxygen atoms in total. The summed E-state index contributed by atoms with van der Waals surface area (Å²) in [5.41, 5.74) is 6.70. The lowest BCUT2D eigenvalue weighted by Crippen LogP contribution is -2.50. The van der Waals surface area contributed by atoms with Crippen LogP contribution in [0.15, 0.2) is 0 Å². The third kappa shape index (κ3) is 8.48. The summed E-state index contributed by atoms with van der Waals surface area (Å²) in [7, 11) is 0. The van der Waals surface area contributed by atoms with E-state index in [0.29, 0.717) is 11.8 Å². The van der Waals surface area contributed by atoms with Gasteiger partial charge in [0.05, 0.1) is 0 Å². The van der Waals surface area contributed by atoms with E-state index in [1.807, 2.05) is 0 Å². The molecule has 0 aromatic carbocycles. The zero-order valence-corrected chi connectivity index (χ0v) is 17.0. The van der Waals surface area contributed by atoms with Crippen LogP contribution >= 0.6 is 0 Å². The van der Waals surface area contributed by atoms with E-state index in [2.05, 4.69) is 63.2 Å². The van der Waals surface area contributed by atoms with Gasteiger partial charge in [-0.15, -0.1) is 0 Å². The molecule has 0 saturated carbocycles. The van der Waals surface area contributed by atoms with Gasteiger partial charge in [-0.2, -0.15) is 0 Å². The number of hydrogen-bond acceptors (Lipinski definition) is 4. The van der Waals surface area contributed by atoms with Gasteiger partial charge in [0.1, 0.15) is 0 Å². The fraction of sp³-hybridized carbons (Fsp3) is 1.00. The van der Waals surface area contributed by atoms with Crippen LogP contribution in [-0.2, 0) is 0 Å². The van der Waals surface area contributed by atoms with Crippen LogP contribution in [0.3, 0.4) is 0 Å². The van der Waals surface area contributed by atoms with Crippen molar-refractivity contribution in [3.05, 3.63) is 0 Å². The second-order valence-electron chi connectivity index (χ2n) is 6.76. The fourth-order valence-electron chi connectivity index (χ4n) is 3.46. The molecule has 3 atom stereocenters. The molecule has 0 radical (unpaired) electrons. The summed E-state index contributed by atoms with van der Waals surface area (Å²) in [6.45, 7) is 25.8. The zero-order chi connectivity index (χ0) is 17.8. The van der Waals surface area contributed by atoms with Crippen molar-refractivity contribution < 1.29 is 0 Å². The van der Waals surface area contributed by atoms with Crippen LogP contribution < -0.4 is 5.73 Å². The molecule has 0 aliphatic rings. The Labute approximate surface area is 146 Å². The number of nitrogens with zero attached hydrogens (tertiary/aromatic N) is 3. The minimum absolute atomic E-state index is 0.251. The summed E-state index contributed by atoms with van der Waals surface area (Å²) in [5.74, 6) is 1.18. The highest BCUT2D eigenvalue weighted by Gasteiger charge is 2.27. The average Bonchev–Trinajstić information content (AvgIpc) is 2.57. The summed E-state index contributed by atoms with van der Waals surface area (Å²) in [5, 5.41) is 0. The number of hydrogen-bond donors (Lipinski definition) is 1. The van der Waals surface area contributed by atoms with Crippen molar-refractivity contribution in [1.29, 1.82) is 0 Å². The lowest BCUT2D eigenvalue weighted by atomic mass is 9.86. The topological polar surface area (TPSA) is 35.7 Å². The molecule has 0 bridgehead atoms. The van der Waals surface area contributed by atoms with Gasteiger partial charge >= 0.3 is 0 Å². The Hall–Kier alpha value is -0.160. The molecule has 2 N–H and O–H groups in total. The maximum absolute atomic E-state index is 6.70. The maximum atomic E-state index is 6.70. The third-order valence-electron chi connectivity index (χ3n) is 5.45. The van der Waals surface area contributed by atoms with E-state index in [1.165, 1.54) is 0 Å². The van der Waals surface area contributed by atoms with Crippen molar-refractivity contribution in [2.45, 2.75) is 54.5 Å². The summed E-state index contributed by atoms with van der Waals surface area (Å²) < 4.78 is 0. The van der Waals surface area contributed by atoms with Gasteiger partial charge in [-0.25, -0.2) is 0 Å². The van der Waals surface area contributed by atoms with Crippen LogP contribution in [0, 0.1) is 11.8 Å². The molecular weight excluding hydrogens is 284 g/mol. The van der Waals surface area contributed by atoms with Gasteiger partial charge in [0, 0.05) is 25.7 Å². The van der Waals surface area contributed by atoms with Crippen molar-refractivity contribution in [3.8, 4) is 0 Å². The van der Waals surface area contributed by atoms with Crippen LogP contribution in [0.1, 0.15) is 48.5 Å². The normalized spacial score (nSPS) is 16.3. The molecule has 0 amide bonds. The molecule has 0 heterocycles. The molecule has 0 aliphatic heterocycles. The molecule has 4 heteroatoms. The van der Waals surface area contributed by atoms with Crippen LogP contribution in [-0.4, -0.2) is 79.6 Å². The highest BCUT2D eigenvalue weighted by atomic mass is 15.2. The van der Waals surface area contributed by atoms with E-state index < -0.39 is 0 Å². The van der Waals surface area contributed by atoms with Crippen LogP contribution in [0.2, 0.25) is 0 Å². The SMILES string of the molecule is CCN(CC)CC(C)C(CN(CC)CC)C(N)CN(CC)CC. The highest BCUT2D eigenvalue weighted by Crippen LogP contribution is 2.19. The van der Waals surface area contributed by atoms with Gasteiger partial charge in [0.15, 0.2) is 0 Å². The van der Waals surface area contributed by atoms with E-state index in [0.717, 1.165) is 58.9 Å². The number of rotatable bonds is 14. The second-order valence-corrected chi connectivity index (χ2v) is 6.76. The van der Waals surface area contributed by atoms with E-state index >= 15 is 0 Å². The molecule has 23 heavy (non-hydrogen) atoms. The maximum Gasteiger partial charge on any atom is 0.0211 e. The molecule has 140 valence electrons. The molecule has 0 spiro atoms. The van der Waals surface area contributed by atoms with Crippen molar-refractivity contribution in [2.75, 3.05) is 58.9 Å². The highest BCUT2D eigenvalue weighted by molar-refractivity contribution is 4.84. The Kier molecular flexibility index (Phi) is 13.1. The van der Waals surface area contributed by atoms with Crippen molar-refractivity contribution >= 4 is 0 Å². The lowest BCUT2D eigenvalue weighted by molar-refractivity contribution is 0.131. The Morgan fingerprint density at radius 1 is 0.609 bits per heavy atom. The molecular formula is C19H44N4. The Bertz CT molecular complexity index is 240. The van der Waals surface area contributed by atoms with Crippen molar-refractivity contribution in [1.82, 2.24) is 14.7 Å². The van der Waals surface area contributed by atoms with Gasteiger partial charge in [-0.3, -0.25) is 0 Å². The van der Waals surface area contributed by atoms with Gasteiger partial charge in [-0.05, 0) is 51.1 Å². The minimum Gasteiger partial charge on any atom is -0.326 e. The van der Waals surface area contributed by atoms with Gasteiger partial charge in [-0.1, -0.05) is 48.5 Å². The Balaban J connectivity index is 4.96. The van der Waals surface area contributed by atoms with Gasteiger partial charge in [0.2, 0.25) is 0 Å². The van der Waals surface area contributed by atoms with Gasteiger partial charge < -0.3 is 20.4 Å². The molecule has 0 rings (SSSR count). The Morgan fingerprint density at radius 2 is 0.957 bits per heavy atom. The van der Waals surface area contributed by atoms with E-state index in [1.54, 1.807) is 0 Å². The number of likely N-dealkylation sites (N-methyl/N-ethyl adjacent to an activating group) is 1. The Morgan fingerprint density at radius 3 is 1.35 bits per heavy atom. The smallest absolute Gasteiger partial charge is 0.0211 e.